The maximum atomic E-state index is 12.9. The first-order valence-corrected chi connectivity index (χ1v) is 10.5. The lowest BCUT2D eigenvalue weighted by Gasteiger charge is -2.35. The van der Waals surface area contributed by atoms with Crippen LogP contribution in [-0.4, -0.2) is 41.9 Å². The monoisotopic (exact) mass is 471 g/mol. The van der Waals surface area contributed by atoms with Crippen LogP contribution in [0.4, 0.5) is 24.5 Å². The van der Waals surface area contributed by atoms with Crippen molar-refractivity contribution in [3.05, 3.63) is 88.2 Å². The van der Waals surface area contributed by atoms with E-state index < -0.39 is 22.4 Å². The molecule has 0 bridgehead atoms. The summed E-state index contributed by atoms with van der Waals surface area (Å²) >= 11 is 0. The van der Waals surface area contributed by atoms with Crippen molar-refractivity contribution in [3.8, 4) is 11.3 Å². The molecule has 34 heavy (non-hydrogen) atoms. The molecule has 1 aliphatic heterocycles. The molecule has 1 saturated heterocycles. The van der Waals surface area contributed by atoms with Crippen molar-refractivity contribution in [1.29, 1.82) is 0 Å². The molecule has 0 spiro atoms. The lowest BCUT2D eigenvalue weighted by Crippen LogP contribution is -2.48. The van der Waals surface area contributed by atoms with E-state index in [0.717, 1.165) is 17.7 Å². The van der Waals surface area contributed by atoms with Gasteiger partial charge in [-0.3, -0.25) is 14.9 Å². The Balaban J connectivity index is 1.39. The number of hydrogen-bond donors (Lipinski definition) is 0. The van der Waals surface area contributed by atoms with Crippen molar-refractivity contribution in [2.75, 3.05) is 31.1 Å². The Bertz CT molecular complexity index is 1210. The molecule has 2 aromatic carbocycles. The number of anilines is 1. The highest BCUT2D eigenvalue weighted by Crippen LogP contribution is 2.36. The molecule has 1 amide bonds. The molecule has 4 rings (SSSR count). The predicted octanol–water partition coefficient (Wildman–Crippen LogP) is 5.24. The zero-order chi connectivity index (χ0) is 24.3. The van der Waals surface area contributed by atoms with Gasteiger partial charge in [0.15, 0.2) is 0 Å². The summed E-state index contributed by atoms with van der Waals surface area (Å²) in [6.07, 6.45) is -1.71. The average molecular weight is 471 g/mol. The van der Waals surface area contributed by atoms with Crippen molar-refractivity contribution < 1.29 is 27.3 Å². The van der Waals surface area contributed by atoms with Crippen LogP contribution in [0.25, 0.3) is 17.4 Å². The van der Waals surface area contributed by atoms with E-state index in [9.17, 15) is 28.1 Å². The number of hydrogen-bond acceptors (Lipinski definition) is 5. The number of benzene rings is 2. The number of furan rings is 1. The van der Waals surface area contributed by atoms with Crippen LogP contribution < -0.4 is 4.90 Å². The Morgan fingerprint density at radius 2 is 1.71 bits per heavy atom. The molecule has 0 N–H and O–H groups in total. The van der Waals surface area contributed by atoms with Crippen LogP contribution in [0.2, 0.25) is 0 Å². The smallest absolute Gasteiger partial charge is 0.416 e. The third-order valence-electron chi connectivity index (χ3n) is 5.51. The van der Waals surface area contributed by atoms with E-state index in [1.165, 1.54) is 6.08 Å². The van der Waals surface area contributed by atoms with Gasteiger partial charge in [0.2, 0.25) is 5.91 Å². The molecule has 7 nitrogen and oxygen atoms in total. The highest BCUT2D eigenvalue weighted by atomic mass is 19.4. The fourth-order valence-corrected chi connectivity index (χ4v) is 3.74. The SMILES string of the molecule is O=C(/C=C/c1ccc(-c2ccccc2)o1)N1CCN(c2ccc(C(F)(F)F)cc2[N+](=O)[O-])CC1. The average Bonchev–Trinajstić information content (AvgIpc) is 3.31. The predicted molar refractivity (Wildman–Crippen MR) is 120 cm³/mol. The van der Waals surface area contributed by atoms with Crippen molar-refractivity contribution in [3.63, 3.8) is 0 Å². The first-order chi connectivity index (χ1) is 16.2. The number of nitro groups is 1. The second kappa shape index (κ2) is 9.42. The Labute approximate surface area is 192 Å². The maximum absolute atomic E-state index is 12.9. The largest absolute Gasteiger partial charge is 0.457 e. The zero-order valence-corrected chi connectivity index (χ0v) is 17.9. The molecule has 10 heteroatoms. The Kier molecular flexibility index (Phi) is 6.40. The fourth-order valence-electron chi connectivity index (χ4n) is 3.74. The normalized spacial score (nSPS) is 14.6. The van der Waals surface area contributed by atoms with E-state index >= 15 is 0 Å². The first kappa shape index (κ1) is 23.1. The summed E-state index contributed by atoms with van der Waals surface area (Å²) in [7, 11) is 0. The van der Waals surface area contributed by atoms with E-state index in [1.807, 2.05) is 36.4 Å². The lowest BCUT2D eigenvalue weighted by molar-refractivity contribution is -0.384. The number of carbonyl (C=O) groups is 1. The Morgan fingerprint density at radius 1 is 1.00 bits per heavy atom. The van der Waals surface area contributed by atoms with Gasteiger partial charge in [0.25, 0.3) is 5.69 Å². The molecule has 1 aromatic heterocycles. The van der Waals surface area contributed by atoms with Crippen LogP contribution >= 0.6 is 0 Å². The van der Waals surface area contributed by atoms with E-state index in [2.05, 4.69) is 0 Å². The minimum absolute atomic E-state index is 0.102. The van der Waals surface area contributed by atoms with Crippen LogP contribution in [0, 0.1) is 10.1 Å². The van der Waals surface area contributed by atoms with Crippen molar-refractivity contribution in [2.45, 2.75) is 6.18 Å². The van der Waals surface area contributed by atoms with Gasteiger partial charge in [-0.2, -0.15) is 13.2 Å². The zero-order valence-electron chi connectivity index (χ0n) is 17.9. The maximum Gasteiger partial charge on any atom is 0.416 e. The molecular weight excluding hydrogens is 451 g/mol. The van der Waals surface area contributed by atoms with E-state index in [-0.39, 0.29) is 37.8 Å². The molecule has 1 aliphatic rings. The van der Waals surface area contributed by atoms with Crippen LogP contribution in [0.5, 0.6) is 0 Å². The van der Waals surface area contributed by atoms with Crippen LogP contribution in [0.1, 0.15) is 11.3 Å². The van der Waals surface area contributed by atoms with Gasteiger partial charge < -0.3 is 14.2 Å². The molecule has 1 fully saturated rings. The van der Waals surface area contributed by atoms with Crippen molar-refractivity contribution >= 4 is 23.4 Å². The standard InChI is InChI=1S/C24H20F3N3O4/c25-24(26,27)18-6-9-20(21(16-18)30(32)33)28-12-14-29(15-13-28)23(31)11-8-19-7-10-22(34-19)17-4-2-1-3-5-17/h1-11,16H,12-15H2/b11-8+. The second-order valence-electron chi connectivity index (χ2n) is 7.67. The fraction of sp³-hybridized carbons (Fsp3) is 0.208. The molecule has 0 aliphatic carbocycles. The van der Waals surface area contributed by atoms with Crippen LogP contribution in [0.15, 0.2) is 71.2 Å². The van der Waals surface area contributed by atoms with Gasteiger partial charge in [-0.05, 0) is 30.3 Å². The second-order valence-corrected chi connectivity index (χ2v) is 7.67. The van der Waals surface area contributed by atoms with E-state index in [4.69, 9.17) is 4.42 Å². The highest BCUT2D eigenvalue weighted by Gasteiger charge is 2.34. The third-order valence-corrected chi connectivity index (χ3v) is 5.51. The number of nitrogens with zero attached hydrogens (tertiary/aromatic N) is 3. The van der Waals surface area contributed by atoms with E-state index in [1.54, 1.807) is 21.9 Å². The number of rotatable bonds is 5. The molecule has 2 heterocycles. The minimum Gasteiger partial charge on any atom is -0.457 e. The Hall–Kier alpha value is -4.08. The van der Waals surface area contributed by atoms with Crippen LogP contribution in [-0.2, 0) is 11.0 Å². The van der Waals surface area contributed by atoms with Gasteiger partial charge in [0.1, 0.15) is 17.2 Å². The molecule has 3 aromatic rings. The number of nitro benzene ring substituents is 1. The van der Waals surface area contributed by atoms with Crippen LogP contribution in [0.3, 0.4) is 0 Å². The van der Waals surface area contributed by atoms with Gasteiger partial charge in [-0.15, -0.1) is 0 Å². The quantitative estimate of drug-likeness (QED) is 0.289. The van der Waals surface area contributed by atoms with Gasteiger partial charge in [-0.1, -0.05) is 30.3 Å². The van der Waals surface area contributed by atoms with Gasteiger partial charge in [-0.25, -0.2) is 0 Å². The molecule has 0 atom stereocenters. The summed E-state index contributed by atoms with van der Waals surface area (Å²) in [5.74, 6) is 0.949. The number of alkyl halides is 3. The lowest BCUT2D eigenvalue weighted by atomic mass is 10.1. The summed E-state index contributed by atoms with van der Waals surface area (Å²) in [5.41, 5.74) is -0.664. The summed E-state index contributed by atoms with van der Waals surface area (Å²) < 4.78 is 44.5. The summed E-state index contributed by atoms with van der Waals surface area (Å²) in [5, 5.41) is 11.4. The molecule has 0 radical (unpaired) electrons. The molecular formula is C24H20F3N3O4. The number of piperazine rings is 1. The molecule has 0 saturated carbocycles. The highest BCUT2D eigenvalue weighted by molar-refractivity contribution is 5.91. The summed E-state index contributed by atoms with van der Waals surface area (Å²) in [4.78, 5) is 26.3. The summed E-state index contributed by atoms with van der Waals surface area (Å²) in [6.45, 7) is 1.05. The molecule has 176 valence electrons. The third kappa shape index (κ3) is 5.11. The van der Waals surface area contributed by atoms with Crippen molar-refractivity contribution in [1.82, 2.24) is 4.90 Å². The first-order valence-electron chi connectivity index (χ1n) is 10.5. The van der Waals surface area contributed by atoms with E-state index in [0.29, 0.717) is 17.6 Å². The topological polar surface area (TPSA) is 79.8 Å². The van der Waals surface area contributed by atoms with Crippen molar-refractivity contribution in [2.24, 2.45) is 0 Å². The minimum atomic E-state index is -4.67. The number of carbonyl (C=O) groups excluding carboxylic acids is 1. The number of amides is 1. The molecule has 0 unspecified atom stereocenters. The Morgan fingerprint density at radius 3 is 2.35 bits per heavy atom. The number of halogens is 3. The summed E-state index contributed by atoms with van der Waals surface area (Å²) in [6, 6.07) is 15.6. The van der Waals surface area contributed by atoms with Gasteiger partial charge >= 0.3 is 6.18 Å². The van der Waals surface area contributed by atoms with Gasteiger partial charge in [0.05, 0.1) is 10.5 Å². The van der Waals surface area contributed by atoms with Gasteiger partial charge in [0, 0.05) is 43.9 Å².